The molecule has 5 heteroatoms. The molecule has 0 aliphatic rings. The Labute approximate surface area is 171 Å². The van der Waals surface area contributed by atoms with Crippen molar-refractivity contribution in [1.29, 1.82) is 0 Å². The summed E-state index contributed by atoms with van der Waals surface area (Å²) in [6.45, 7) is 2.22. The van der Waals surface area contributed by atoms with E-state index in [1.165, 1.54) is 0 Å². The molecule has 3 rings (SSSR count). The van der Waals surface area contributed by atoms with Gasteiger partial charge in [-0.25, -0.2) is 0 Å². The fourth-order valence-corrected chi connectivity index (χ4v) is 3.08. The Hall–Kier alpha value is -3.47. The highest BCUT2D eigenvalue weighted by Gasteiger charge is 2.18. The molecule has 0 aliphatic carbocycles. The maximum atomic E-state index is 13.0. The zero-order chi connectivity index (χ0) is 20.6. The van der Waals surface area contributed by atoms with Gasteiger partial charge in [-0.15, -0.1) is 0 Å². The van der Waals surface area contributed by atoms with Crippen LogP contribution in [0, 0.1) is 0 Å². The van der Waals surface area contributed by atoms with Gasteiger partial charge in [0.25, 0.3) is 5.91 Å². The number of para-hydroxylation sites is 1. The largest absolute Gasteiger partial charge is 0.497 e. The van der Waals surface area contributed by atoms with Gasteiger partial charge >= 0.3 is 0 Å². The van der Waals surface area contributed by atoms with Crippen LogP contribution < -0.4 is 19.5 Å². The molecule has 0 aromatic heterocycles. The molecular formula is C24H25NO4. The standard InChI is InChI=1S/C24H25NO4/c1-17(22-15-20(27-2)13-14-23(22)28-3)25-24(26)21-12-8-7-9-18(21)16-29-19-10-5-4-6-11-19/h4-15,17H,16H2,1-3H3,(H,25,26). The van der Waals surface area contributed by atoms with Crippen molar-refractivity contribution < 1.29 is 19.0 Å². The summed E-state index contributed by atoms with van der Waals surface area (Å²) >= 11 is 0. The Balaban J connectivity index is 1.76. The van der Waals surface area contributed by atoms with Crippen LogP contribution in [0.5, 0.6) is 17.2 Å². The summed E-state index contributed by atoms with van der Waals surface area (Å²) in [4.78, 5) is 13.0. The summed E-state index contributed by atoms with van der Waals surface area (Å²) in [5.41, 5.74) is 2.24. The molecule has 29 heavy (non-hydrogen) atoms. The van der Waals surface area contributed by atoms with E-state index in [1.807, 2.05) is 73.7 Å². The molecule has 3 aromatic carbocycles. The van der Waals surface area contributed by atoms with Gasteiger partial charge in [0.05, 0.1) is 20.3 Å². The molecule has 1 atom stereocenters. The van der Waals surface area contributed by atoms with E-state index in [9.17, 15) is 4.79 Å². The number of nitrogens with one attached hydrogen (secondary N) is 1. The first-order chi connectivity index (χ1) is 14.1. The lowest BCUT2D eigenvalue weighted by molar-refractivity contribution is 0.0937. The van der Waals surface area contributed by atoms with Crippen LogP contribution in [0.3, 0.4) is 0 Å². The summed E-state index contributed by atoms with van der Waals surface area (Å²) < 4.78 is 16.6. The van der Waals surface area contributed by atoms with Gasteiger partial charge in [0.1, 0.15) is 23.9 Å². The second kappa shape index (κ2) is 9.64. The minimum atomic E-state index is -0.268. The molecule has 0 fully saturated rings. The summed E-state index contributed by atoms with van der Waals surface area (Å²) in [5, 5.41) is 3.05. The first-order valence-corrected chi connectivity index (χ1v) is 9.41. The Bertz CT molecular complexity index is 956. The van der Waals surface area contributed by atoms with Gasteiger partial charge in [-0.1, -0.05) is 36.4 Å². The van der Waals surface area contributed by atoms with E-state index in [4.69, 9.17) is 14.2 Å². The lowest BCUT2D eigenvalue weighted by atomic mass is 10.0. The van der Waals surface area contributed by atoms with E-state index in [-0.39, 0.29) is 11.9 Å². The third kappa shape index (κ3) is 5.08. The number of rotatable bonds is 8. The number of ether oxygens (including phenoxy) is 3. The van der Waals surface area contributed by atoms with Gasteiger partial charge in [-0.05, 0) is 43.3 Å². The van der Waals surface area contributed by atoms with Crippen molar-refractivity contribution in [3.05, 3.63) is 89.5 Å². The van der Waals surface area contributed by atoms with Crippen LogP contribution in [0.2, 0.25) is 0 Å². The molecule has 5 nitrogen and oxygen atoms in total. The monoisotopic (exact) mass is 391 g/mol. The molecule has 3 aromatic rings. The Kier molecular flexibility index (Phi) is 6.74. The summed E-state index contributed by atoms with van der Waals surface area (Å²) in [7, 11) is 3.22. The van der Waals surface area contributed by atoms with Crippen LogP contribution >= 0.6 is 0 Å². The molecule has 0 spiro atoms. The first-order valence-electron chi connectivity index (χ1n) is 9.41. The number of benzene rings is 3. The van der Waals surface area contributed by atoms with Crippen molar-refractivity contribution in [2.24, 2.45) is 0 Å². The lowest BCUT2D eigenvalue weighted by Gasteiger charge is -2.19. The summed E-state index contributed by atoms with van der Waals surface area (Å²) in [6.07, 6.45) is 0. The third-order valence-electron chi connectivity index (χ3n) is 4.65. The highest BCUT2D eigenvalue weighted by molar-refractivity contribution is 5.96. The summed E-state index contributed by atoms with van der Waals surface area (Å²) in [5.74, 6) is 1.99. The number of hydrogen-bond acceptors (Lipinski definition) is 4. The molecule has 0 saturated heterocycles. The fraction of sp³-hybridized carbons (Fsp3) is 0.208. The summed E-state index contributed by atoms with van der Waals surface area (Å²) in [6, 6.07) is 22.2. The smallest absolute Gasteiger partial charge is 0.252 e. The van der Waals surface area contributed by atoms with E-state index in [1.54, 1.807) is 20.3 Å². The normalized spacial score (nSPS) is 11.4. The van der Waals surface area contributed by atoms with Crippen molar-refractivity contribution in [3.8, 4) is 17.2 Å². The van der Waals surface area contributed by atoms with Crippen molar-refractivity contribution >= 4 is 5.91 Å². The predicted octanol–water partition coefficient (Wildman–Crippen LogP) is 4.77. The van der Waals surface area contributed by atoms with Crippen LogP contribution in [0.4, 0.5) is 0 Å². The van der Waals surface area contributed by atoms with Crippen LogP contribution in [0.1, 0.15) is 34.5 Å². The van der Waals surface area contributed by atoms with E-state index in [2.05, 4.69) is 5.32 Å². The molecule has 1 unspecified atom stereocenters. The van der Waals surface area contributed by atoms with E-state index >= 15 is 0 Å². The van der Waals surface area contributed by atoms with E-state index in [0.717, 1.165) is 16.9 Å². The Morgan fingerprint density at radius 3 is 2.34 bits per heavy atom. The van der Waals surface area contributed by atoms with E-state index < -0.39 is 0 Å². The van der Waals surface area contributed by atoms with Crippen LogP contribution in [-0.2, 0) is 6.61 Å². The highest BCUT2D eigenvalue weighted by atomic mass is 16.5. The number of carbonyl (C=O) groups excluding carboxylic acids is 1. The van der Waals surface area contributed by atoms with Gasteiger partial charge in [-0.2, -0.15) is 0 Å². The van der Waals surface area contributed by atoms with Gasteiger partial charge in [0.2, 0.25) is 0 Å². The van der Waals surface area contributed by atoms with Crippen molar-refractivity contribution in [2.45, 2.75) is 19.6 Å². The quantitative estimate of drug-likeness (QED) is 0.601. The van der Waals surface area contributed by atoms with Crippen LogP contribution in [0.15, 0.2) is 72.8 Å². The van der Waals surface area contributed by atoms with Crippen molar-refractivity contribution in [1.82, 2.24) is 5.32 Å². The minimum absolute atomic E-state index is 0.172. The molecule has 1 amide bonds. The maximum Gasteiger partial charge on any atom is 0.252 e. The maximum absolute atomic E-state index is 13.0. The average molecular weight is 391 g/mol. The van der Waals surface area contributed by atoms with Gasteiger partial charge in [0.15, 0.2) is 0 Å². The average Bonchev–Trinajstić information content (AvgIpc) is 2.78. The predicted molar refractivity (Wildman–Crippen MR) is 113 cm³/mol. The Morgan fingerprint density at radius 2 is 1.62 bits per heavy atom. The second-order valence-corrected chi connectivity index (χ2v) is 6.56. The highest BCUT2D eigenvalue weighted by Crippen LogP contribution is 2.29. The molecule has 0 saturated carbocycles. The van der Waals surface area contributed by atoms with Crippen LogP contribution in [0.25, 0.3) is 0 Å². The molecule has 0 aliphatic heterocycles. The topological polar surface area (TPSA) is 56.8 Å². The lowest BCUT2D eigenvalue weighted by Crippen LogP contribution is -2.28. The van der Waals surface area contributed by atoms with Crippen molar-refractivity contribution in [2.75, 3.05) is 14.2 Å². The molecule has 0 heterocycles. The van der Waals surface area contributed by atoms with Gasteiger partial charge in [0, 0.05) is 16.7 Å². The number of carbonyl (C=O) groups is 1. The molecule has 0 radical (unpaired) electrons. The molecule has 0 bridgehead atoms. The van der Waals surface area contributed by atoms with Crippen LogP contribution in [-0.4, -0.2) is 20.1 Å². The number of hydrogen-bond donors (Lipinski definition) is 1. The van der Waals surface area contributed by atoms with Crippen molar-refractivity contribution in [3.63, 3.8) is 0 Å². The minimum Gasteiger partial charge on any atom is -0.497 e. The molecule has 1 N–H and O–H groups in total. The fourth-order valence-electron chi connectivity index (χ4n) is 3.08. The van der Waals surface area contributed by atoms with Gasteiger partial charge < -0.3 is 19.5 Å². The SMILES string of the molecule is COc1ccc(OC)c(C(C)NC(=O)c2ccccc2COc2ccccc2)c1. The number of methoxy groups -OCH3 is 2. The zero-order valence-electron chi connectivity index (χ0n) is 16.8. The van der Waals surface area contributed by atoms with E-state index in [0.29, 0.717) is 23.7 Å². The second-order valence-electron chi connectivity index (χ2n) is 6.56. The Morgan fingerprint density at radius 1 is 0.897 bits per heavy atom. The molecular weight excluding hydrogens is 366 g/mol. The number of amides is 1. The zero-order valence-corrected chi connectivity index (χ0v) is 16.8. The first kappa shape index (κ1) is 20.3. The molecule has 150 valence electrons. The third-order valence-corrected chi connectivity index (χ3v) is 4.65. The van der Waals surface area contributed by atoms with Gasteiger partial charge in [-0.3, -0.25) is 4.79 Å².